The van der Waals surface area contributed by atoms with E-state index in [-0.39, 0.29) is 35.7 Å². The van der Waals surface area contributed by atoms with E-state index in [0.29, 0.717) is 19.4 Å². The van der Waals surface area contributed by atoms with Crippen LogP contribution in [0.2, 0.25) is 0 Å². The molecule has 8 heteroatoms. The van der Waals surface area contributed by atoms with Crippen LogP contribution in [0.15, 0.2) is 18.2 Å². The zero-order valence-electron chi connectivity index (χ0n) is 14.2. The minimum atomic E-state index is -2.89. The highest BCUT2D eigenvalue weighted by Crippen LogP contribution is 2.51. The Balaban J connectivity index is 1.46. The summed E-state index contributed by atoms with van der Waals surface area (Å²) in [5, 5.41) is 2.86. The monoisotopic (exact) mass is 368 g/mol. The second kappa shape index (κ2) is 5.89. The summed E-state index contributed by atoms with van der Waals surface area (Å²) in [5.41, 5.74) is 0.197. The highest BCUT2D eigenvalue weighted by molar-refractivity contribution is 5.97. The minimum absolute atomic E-state index is 0.121. The summed E-state index contributed by atoms with van der Waals surface area (Å²) in [6, 6.07) is 3.07. The summed E-state index contributed by atoms with van der Waals surface area (Å²) in [6.07, 6.45) is 1.02. The lowest BCUT2D eigenvalue weighted by Gasteiger charge is -2.34. The SMILES string of the molecule is COc1cc(F)ccc1C(=O)N[C@@H]1C[C@H]2C[C@@H]1N(C(=O)[C@@H]1CC1(F)F)C2. The molecule has 1 aliphatic heterocycles. The Labute approximate surface area is 148 Å². The Kier molecular flexibility index (Phi) is 3.89. The molecule has 0 unspecified atom stereocenters. The number of carbonyl (C=O) groups excluding carboxylic acids is 2. The number of halogens is 3. The Bertz CT molecular complexity index is 770. The number of likely N-dealkylation sites (tertiary alicyclic amines) is 1. The number of nitrogens with one attached hydrogen (secondary N) is 1. The fourth-order valence-electron chi connectivity index (χ4n) is 4.21. The molecule has 140 valence electrons. The predicted octanol–water partition coefficient (Wildman–Crippen LogP) is 2.21. The average molecular weight is 368 g/mol. The maximum atomic E-state index is 13.3. The van der Waals surface area contributed by atoms with E-state index < -0.39 is 29.5 Å². The van der Waals surface area contributed by atoms with Gasteiger partial charge < -0.3 is 15.0 Å². The Morgan fingerprint density at radius 2 is 2.04 bits per heavy atom. The first-order valence-electron chi connectivity index (χ1n) is 8.63. The van der Waals surface area contributed by atoms with Crippen molar-refractivity contribution in [1.82, 2.24) is 10.2 Å². The number of amides is 2. The zero-order valence-corrected chi connectivity index (χ0v) is 14.2. The Hall–Kier alpha value is -2.25. The van der Waals surface area contributed by atoms with Crippen LogP contribution in [0.1, 0.15) is 29.6 Å². The second-order valence-electron chi connectivity index (χ2n) is 7.34. The summed E-state index contributed by atoms with van der Waals surface area (Å²) >= 11 is 0. The van der Waals surface area contributed by atoms with Gasteiger partial charge in [-0.15, -0.1) is 0 Å². The molecule has 3 fully saturated rings. The molecule has 4 rings (SSSR count). The molecule has 1 N–H and O–H groups in total. The molecule has 2 aliphatic carbocycles. The first-order valence-corrected chi connectivity index (χ1v) is 8.63. The van der Waals surface area contributed by atoms with E-state index in [4.69, 9.17) is 4.74 Å². The van der Waals surface area contributed by atoms with Gasteiger partial charge in [-0.25, -0.2) is 13.2 Å². The van der Waals surface area contributed by atoms with Gasteiger partial charge in [0.1, 0.15) is 17.5 Å². The van der Waals surface area contributed by atoms with Gasteiger partial charge in [-0.3, -0.25) is 9.59 Å². The fraction of sp³-hybridized carbons (Fsp3) is 0.556. The van der Waals surface area contributed by atoms with Gasteiger partial charge >= 0.3 is 0 Å². The number of hydrogen-bond acceptors (Lipinski definition) is 3. The number of carbonyl (C=O) groups is 2. The minimum Gasteiger partial charge on any atom is -0.496 e. The summed E-state index contributed by atoms with van der Waals surface area (Å²) in [5.74, 6) is -5.23. The van der Waals surface area contributed by atoms with Crippen molar-refractivity contribution >= 4 is 11.8 Å². The average Bonchev–Trinajstić information content (AvgIpc) is 2.94. The van der Waals surface area contributed by atoms with E-state index in [1.54, 1.807) is 0 Å². The third kappa shape index (κ3) is 2.81. The molecule has 3 aliphatic rings. The third-order valence-electron chi connectivity index (χ3n) is 5.61. The summed E-state index contributed by atoms with van der Waals surface area (Å²) in [7, 11) is 1.35. The number of fused-ring (bicyclic) bond motifs is 2. The van der Waals surface area contributed by atoms with E-state index in [1.807, 2.05) is 0 Å². The van der Waals surface area contributed by atoms with Crippen LogP contribution in [0.3, 0.4) is 0 Å². The Morgan fingerprint density at radius 3 is 2.65 bits per heavy atom. The molecular weight excluding hydrogens is 349 g/mol. The highest BCUT2D eigenvalue weighted by Gasteiger charge is 2.64. The van der Waals surface area contributed by atoms with Gasteiger partial charge in [0.05, 0.1) is 18.7 Å². The summed E-state index contributed by atoms with van der Waals surface area (Å²) in [4.78, 5) is 26.4. The van der Waals surface area contributed by atoms with E-state index in [2.05, 4.69) is 5.32 Å². The van der Waals surface area contributed by atoms with Crippen molar-refractivity contribution in [2.75, 3.05) is 13.7 Å². The topological polar surface area (TPSA) is 58.6 Å². The van der Waals surface area contributed by atoms with Crippen LogP contribution in [-0.2, 0) is 4.79 Å². The van der Waals surface area contributed by atoms with Crippen molar-refractivity contribution < 1.29 is 27.5 Å². The molecule has 0 aromatic heterocycles. The molecule has 2 saturated carbocycles. The van der Waals surface area contributed by atoms with Crippen molar-refractivity contribution in [2.24, 2.45) is 11.8 Å². The van der Waals surface area contributed by atoms with Crippen molar-refractivity contribution in [3.05, 3.63) is 29.6 Å². The molecule has 1 aromatic rings. The van der Waals surface area contributed by atoms with Crippen molar-refractivity contribution in [3.8, 4) is 5.75 Å². The van der Waals surface area contributed by atoms with Gasteiger partial charge in [-0.1, -0.05) is 0 Å². The van der Waals surface area contributed by atoms with Crippen LogP contribution < -0.4 is 10.1 Å². The molecule has 5 nitrogen and oxygen atoms in total. The molecule has 2 amide bonds. The maximum absolute atomic E-state index is 13.3. The van der Waals surface area contributed by atoms with Gasteiger partial charge in [0, 0.05) is 25.1 Å². The van der Waals surface area contributed by atoms with Gasteiger partial charge in [0.15, 0.2) is 0 Å². The summed E-state index contributed by atoms with van der Waals surface area (Å²) in [6.45, 7) is 0.475. The molecule has 0 radical (unpaired) electrons. The van der Waals surface area contributed by atoms with Gasteiger partial charge in [0.25, 0.3) is 11.8 Å². The van der Waals surface area contributed by atoms with Crippen molar-refractivity contribution in [3.63, 3.8) is 0 Å². The first-order chi connectivity index (χ1) is 12.3. The summed E-state index contributed by atoms with van der Waals surface area (Å²) < 4.78 is 44.8. The molecular formula is C18H19F3N2O3. The lowest BCUT2D eigenvalue weighted by Crippen LogP contribution is -2.52. The molecule has 0 spiro atoms. The third-order valence-corrected chi connectivity index (χ3v) is 5.61. The van der Waals surface area contributed by atoms with Gasteiger partial charge in [-0.2, -0.15) is 0 Å². The second-order valence-corrected chi connectivity index (χ2v) is 7.34. The number of methoxy groups -OCH3 is 1. The van der Waals surface area contributed by atoms with Crippen molar-refractivity contribution in [2.45, 2.75) is 37.3 Å². The maximum Gasteiger partial charge on any atom is 0.260 e. The van der Waals surface area contributed by atoms with E-state index >= 15 is 0 Å². The number of hydrogen-bond donors (Lipinski definition) is 1. The number of ether oxygens (including phenoxy) is 1. The lowest BCUT2D eigenvalue weighted by atomic mass is 10.0. The highest BCUT2D eigenvalue weighted by atomic mass is 19.3. The lowest BCUT2D eigenvalue weighted by molar-refractivity contribution is -0.137. The van der Waals surface area contributed by atoms with E-state index in [1.165, 1.54) is 24.1 Å². The molecule has 2 bridgehead atoms. The largest absolute Gasteiger partial charge is 0.496 e. The smallest absolute Gasteiger partial charge is 0.260 e. The normalized spacial score (nSPS) is 31.0. The fourth-order valence-corrected chi connectivity index (χ4v) is 4.21. The zero-order chi connectivity index (χ0) is 18.6. The Morgan fingerprint density at radius 1 is 1.31 bits per heavy atom. The van der Waals surface area contributed by atoms with E-state index in [0.717, 1.165) is 6.07 Å². The van der Waals surface area contributed by atoms with Crippen LogP contribution in [0.25, 0.3) is 0 Å². The van der Waals surface area contributed by atoms with Gasteiger partial charge in [-0.05, 0) is 30.9 Å². The van der Waals surface area contributed by atoms with E-state index in [9.17, 15) is 22.8 Å². The first kappa shape index (κ1) is 17.2. The number of piperidine rings is 1. The quantitative estimate of drug-likeness (QED) is 0.887. The van der Waals surface area contributed by atoms with Gasteiger partial charge in [0.2, 0.25) is 5.91 Å². The van der Waals surface area contributed by atoms with Crippen LogP contribution >= 0.6 is 0 Å². The molecule has 1 aromatic carbocycles. The number of nitrogens with zero attached hydrogens (tertiary/aromatic N) is 1. The standard InChI is InChI=1S/C18H19F3N2O3/c1-26-15-6-10(19)2-3-11(15)16(24)22-13-4-9-5-14(13)23(8-9)17(25)12-7-18(12,20)21/h2-3,6,9,12-14H,4-5,7-8H2,1H3,(H,22,24)/t9-,12-,13+,14-/m0/s1. The molecule has 4 atom stereocenters. The number of rotatable bonds is 4. The number of alkyl halides is 2. The van der Waals surface area contributed by atoms with Crippen molar-refractivity contribution in [1.29, 1.82) is 0 Å². The number of benzene rings is 1. The van der Waals surface area contributed by atoms with Crippen LogP contribution in [-0.4, -0.2) is 48.4 Å². The van der Waals surface area contributed by atoms with Crippen LogP contribution in [0.4, 0.5) is 13.2 Å². The van der Waals surface area contributed by atoms with Crippen LogP contribution in [0.5, 0.6) is 5.75 Å². The molecule has 1 saturated heterocycles. The van der Waals surface area contributed by atoms with Crippen LogP contribution in [0, 0.1) is 17.7 Å². The predicted molar refractivity (Wildman–Crippen MR) is 85.5 cm³/mol. The molecule has 26 heavy (non-hydrogen) atoms. The molecule has 1 heterocycles.